The highest BCUT2D eigenvalue weighted by atomic mass is 79.9. The van der Waals surface area contributed by atoms with Crippen LogP contribution in [0.3, 0.4) is 0 Å². The quantitative estimate of drug-likeness (QED) is 0.770. The molecular formula is C12H11BrO2. The molecule has 0 N–H and O–H groups in total. The molecule has 0 aliphatic heterocycles. The lowest BCUT2D eigenvalue weighted by Crippen LogP contribution is -2.08. The molecule has 0 spiro atoms. The summed E-state index contributed by atoms with van der Waals surface area (Å²) in [5, 5.41) is 0. The molecule has 2 saturated carbocycles. The van der Waals surface area contributed by atoms with E-state index in [1.165, 1.54) is 12.7 Å². The molecule has 0 amide bonds. The van der Waals surface area contributed by atoms with Gasteiger partial charge >= 0.3 is 5.97 Å². The first-order valence-corrected chi connectivity index (χ1v) is 5.78. The van der Waals surface area contributed by atoms with Crippen molar-refractivity contribution in [2.45, 2.75) is 18.3 Å². The van der Waals surface area contributed by atoms with Gasteiger partial charge in [0.2, 0.25) is 0 Å². The fourth-order valence-corrected chi connectivity index (χ4v) is 2.94. The van der Waals surface area contributed by atoms with E-state index >= 15 is 0 Å². The first-order chi connectivity index (χ1) is 7.14. The molecule has 1 aromatic rings. The maximum absolute atomic E-state index is 11.6. The van der Waals surface area contributed by atoms with E-state index in [4.69, 9.17) is 4.74 Å². The molecule has 0 heterocycles. The Hall–Kier alpha value is -0.830. The summed E-state index contributed by atoms with van der Waals surface area (Å²) in [6.45, 7) is 0. The van der Waals surface area contributed by atoms with Crippen LogP contribution >= 0.6 is 15.9 Å². The van der Waals surface area contributed by atoms with Crippen molar-refractivity contribution >= 4 is 21.9 Å². The summed E-state index contributed by atoms with van der Waals surface area (Å²) in [6, 6.07) is 8.26. The maximum atomic E-state index is 11.6. The topological polar surface area (TPSA) is 26.3 Å². The van der Waals surface area contributed by atoms with Crippen LogP contribution in [0.1, 0.15) is 18.4 Å². The number of rotatable bonds is 2. The first kappa shape index (κ1) is 9.40. The molecular weight excluding hydrogens is 256 g/mol. The van der Waals surface area contributed by atoms with Crippen LogP contribution < -0.4 is 0 Å². The molecule has 2 aliphatic carbocycles. The molecule has 2 fully saturated rings. The van der Waals surface area contributed by atoms with Gasteiger partial charge in [-0.05, 0) is 30.5 Å². The third-order valence-electron chi connectivity index (χ3n) is 3.85. The van der Waals surface area contributed by atoms with Gasteiger partial charge in [0.1, 0.15) is 0 Å². The zero-order valence-electron chi connectivity index (χ0n) is 8.42. The summed E-state index contributed by atoms with van der Waals surface area (Å²) < 4.78 is 5.92. The van der Waals surface area contributed by atoms with Crippen molar-refractivity contribution in [2.24, 2.45) is 5.41 Å². The SMILES string of the molecule is COC(=O)C12CC1(c1ccc(Br)cc1)C2. The van der Waals surface area contributed by atoms with E-state index in [0.29, 0.717) is 0 Å². The van der Waals surface area contributed by atoms with Crippen molar-refractivity contribution in [1.82, 2.24) is 0 Å². The Kier molecular flexibility index (Phi) is 1.66. The number of ether oxygens (including phenoxy) is 1. The molecule has 0 atom stereocenters. The second-order valence-corrected chi connectivity index (χ2v) is 5.43. The normalized spacial score (nSPS) is 35.6. The summed E-state index contributed by atoms with van der Waals surface area (Å²) in [5.41, 5.74) is 1.24. The third kappa shape index (κ3) is 1.02. The van der Waals surface area contributed by atoms with Crippen molar-refractivity contribution in [3.63, 3.8) is 0 Å². The number of fused-ring (bicyclic) bond motifs is 1. The summed E-state index contributed by atoms with van der Waals surface area (Å²) in [7, 11) is 1.47. The standard InChI is InChI=1S/C12H11BrO2/c1-15-10(14)12-6-11(12,7-12)8-2-4-9(13)5-3-8/h2-5H,6-7H2,1H3. The van der Waals surface area contributed by atoms with Crippen LogP contribution in [-0.2, 0) is 14.9 Å². The van der Waals surface area contributed by atoms with Crippen LogP contribution in [0.5, 0.6) is 0 Å². The number of esters is 1. The summed E-state index contributed by atoms with van der Waals surface area (Å²) in [6.07, 6.45) is 1.93. The molecule has 0 radical (unpaired) electrons. The number of hydrogen-bond donors (Lipinski definition) is 0. The predicted molar refractivity (Wildman–Crippen MR) is 59.5 cm³/mol. The number of methoxy groups -OCH3 is 1. The van der Waals surface area contributed by atoms with Gasteiger partial charge in [0.15, 0.2) is 0 Å². The van der Waals surface area contributed by atoms with E-state index in [2.05, 4.69) is 28.1 Å². The van der Waals surface area contributed by atoms with Crippen LogP contribution in [0.4, 0.5) is 0 Å². The minimum Gasteiger partial charge on any atom is -0.469 e. The number of benzene rings is 1. The van der Waals surface area contributed by atoms with Gasteiger partial charge in [-0.15, -0.1) is 0 Å². The lowest BCUT2D eigenvalue weighted by molar-refractivity contribution is -0.144. The fraction of sp³-hybridized carbons (Fsp3) is 0.417. The molecule has 3 rings (SSSR count). The van der Waals surface area contributed by atoms with E-state index in [1.807, 2.05) is 12.1 Å². The van der Waals surface area contributed by atoms with Gasteiger partial charge in [0.05, 0.1) is 12.5 Å². The smallest absolute Gasteiger partial charge is 0.312 e. The van der Waals surface area contributed by atoms with E-state index in [1.54, 1.807) is 0 Å². The molecule has 2 aliphatic rings. The van der Waals surface area contributed by atoms with Gasteiger partial charge in [-0.25, -0.2) is 0 Å². The van der Waals surface area contributed by atoms with Crippen molar-refractivity contribution in [2.75, 3.05) is 7.11 Å². The lowest BCUT2D eigenvalue weighted by atomic mass is 10.0. The van der Waals surface area contributed by atoms with Crippen LogP contribution in [-0.4, -0.2) is 13.1 Å². The van der Waals surface area contributed by atoms with Crippen LogP contribution in [0, 0.1) is 5.41 Å². The minimum absolute atomic E-state index is 0.0366. The van der Waals surface area contributed by atoms with Crippen molar-refractivity contribution < 1.29 is 9.53 Å². The lowest BCUT2D eigenvalue weighted by Gasteiger charge is -2.01. The van der Waals surface area contributed by atoms with E-state index in [-0.39, 0.29) is 16.8 Å². The highest BCUT2D eigenvalue weighted by Gasteiger charge is 2.88. The summed E-state index contributed by atoms with van der Waals surface area (Å²) in [5.74, 6) is -0.0366. The van der Waals surface area contributed by atoms with Crippen molar-refractivity contribution in [3.8, 4) is 0 Å². The van der Waals surface area contributed by atoms with Crippen LogP contribution in [0.25, 0.3) is 0 Å². The van der Waals surface area contributed by atoms with Gasteiger partial charge in [-0.1, -0.05) is 28.1 Å². The second kappa shape index (κ2) is 2.64. The number of carbonyl (C=O) groups is 1. The Morgan fingerprint density at radius 2 is 1.93 bits per heavy atom. The molecule has 2 nitrogen and oxygen atoms in total. The zero-order valence-corrected chi connectivity index (χ0v) is 10.0. The second-order valence-electron chi connectivity index (χ2n) is 4.52. The van der Waals surface area contributed by atoms with Gasteiger partial charge in [-0.3, -0.25) is 4.79 Å². The largest absolute Gasteiger partial charge is 0.469 e. The zero-order chi connectivity index (χ0) is 10.7. The molecule has 0 saturated heterocycles. The van der Waals surface area contributed by atoms with Crippen molar-refractivity contribution in [3.05, 3.63) is 34.3 Å². The Morgan fingerprint density at radius 3 is 2.47 bits per heavy atom. The Balaban J connectivity index is 1.89. The highest BCUT2D eigenvalue weighted by Crippen LogP contribution is 2.86. The van der Waals surface area contributed by atoms with E-state index in [0.717, 1.165) is 17.3 Å². The van der Waals surface area contributed by atoms with E-state index < -0.39 is 0 Å². The average molecular weight is 267 g/mol. The molecule has 78 valence electrons. The molecule has 1 aromatic carbocycles. The van der Waals surface area contributed by atoms with Gasteiger partial charge in [-0.2, -0.15) is 0 Å². The van der Waals surface area contributed by atoms with Gasteiger partial charge in [0.25, 0.3) is 0 Å². The highest BCUT2D eigenvalue weighted by molar-refractivity contribution is 9.10. The van der Waals surface area contributed by atoms with E-state index in [9.17, 15) is 4.79 Å². The Labute approximate surface area is 96.8 Å². The molecule has 0 aromatic heterocycles. The molecule has 3 heteroatoms. The van der Waals surface area contributed by atoms with Crippen LogP contribution in [0.15, 0.2) is 28.7 Å². The first-order valence-electron chi connectivity index (χ1n) is 4.99. The van der Waals surface area contributed by atoms with Gasteiger partial charge < -0.3 is 4.74 Å². The summed E-state index contributed by atoms with van der Waals surface area (Å²) >= 11 is 3.41. The number of halogens is 1. The third-order valence-corrected chi connectivity index (χ3v) is 4.37. The maximum Gasteiger partial charge on any atom is 0.312 e. The summed E-state index contributed by atoms with van der Waals surface area (Å²) in [4.78, 5) is 11.6. The molecule has 0 unspecified atom stereocenters. The number of hydrogen-bond acceptors (Lipinski definition) is 2. The van der Waals surface area contributed by atoms with Crippen LogP contribution in [0.2, 0.25) is 0 Å². The monoisotopic (exact) mass is 266 g/mol. The Morgan fingerprint density at radius 1 is 1.33 bits per heavy atom. The Bertz CT molecular complexity index is 429. The van der Waals surface area contributed by atoms with Crippen molar-refractivity contribution in [1.29, 1.82) is 0 Å². The molecule has 0 bridgehead atoms. The predicted octanol–water partition coefficient (Wildman–Crippen LogP) is 2.65. The van der Waals surface area contributed by atoms with Gasteiger partial charge in [0, 0.05) is 9.89 Å². The average Bonchev–Trinajstić information content (AvgIpc) is 3.04. The number of carbonyl (C=O) groups excluding carboxylic acids is 1. The minimum atomic E-state index is -0.157. The fourth-order valence-electron chi connectivity index (χ4n) is 2.67. The molecule has 15 heavy (non-hydrogen) atoms.